The van der Waals surface area contributed by atoms with Crippen molar-refractivity contribution in [1.29, 1.82) is 0 Å². The van der Waals surface area contributed by atoms with Crippen molar-refractivity contribution in [3.05, 3.63) is 12.7 Å². The highest BCUT2D eigenvalue weighted by atomic mass is 16.5. The van der Waals surface area contributed by atoms with Crippen LogP contribution in [0.3, 0.4) is 0 Å². The molecule has 0 spiro atoms. The van der Waals surface area contributed by atoms with E-state index in [9.17, 15) is 0 Å². The number of hydrogen-bond acceptors (Lipinski definition) is 3. The van der Waals surface area contributed by atoms with Crippen molar-refractivity contribution in [2.45, 2.75) is 13.3 Å². The minimum atomic E-state index is -0.833. The highest BCUT2D eigenvalue weighted by molar-refractivity contribution is 5.62. The standard InChI is InChI=1S/C8H15NO.C2H4O2/c1-2-3-4-9-5-7-10-8-6-9;1-2(3)4/h2H,1,3-8H2;1H3,(H,3,4). The lowest BCUT2D eigenvalue weighted by Gasteiger charge is -2.25. The average molecular weight is 201 g/mol. The number of carbonyl (C=O) groups is 1. The van der Waals surface area contributed by atoms with Crippen molar-refractivity contribution in [3.63, 3.8) is 0 Å². The van der Waals surface area contributed by atoms with Gasteiger partial charge in [-0.1, -0.05) is 6.08 Å². The first-order valence-corrected chi connectivity index (χ1v) is 4.77. The first-order valence-electron chi connectivity index (χ1n) is 4.77. The Balaban J connectivity index is 0.000000364. The highest BCUT2D eigenvalue weighted by Crippen LogP contribution is 1.97. The monoisotopic (exact) mass is 201 g/mol. The lowest BCUT2D eigenvalue weighted by Crippen LogP contribution is -2.36. The SMILES string of the molecule is C=CCCN1CCOCC1.CC(=O)O. The fourth-order valence-electron chi connectivity index (χ4n) is 1.10. The van der Waals surface area contributed by atoms with Gasteiger partial charge >= 0.3 is 0 Å². The average Bonchev–Trinajstić information content (AvgIpc) is 2.15. The van der Waals surface area contributed by atoms with E-state index in [4.69, 9.17) is 14.6 Å². The van der Waals surface area contributed by atoms with Crippen LogP contribution in [0.2, 0.25) is 0 Å². The predicted molar refractivity (Wildman–Crippen MR) is 55.4 cm³/mol. The molecule has 0 saturated carbocycles. The Labute approximate surface area is 85.2 Å². The number of carboxylic acids is 1. The molecule has 1 aliphatic heterocycles. The van der Waals surface area contributed by atoms with Crippen LogP contribution in [-0.4, -0.2) is 48.8 Å². The molecule has 0 amide bonds. The van der Waals surface area contributed by atoms with Crippen molar-refractivity contribution in [2.75, 3.05) is 32.8 Å². The van der Waals surface area contributed by atoms with E-state index < -0.39 is 5.97 Å². The van der Waals surface area contributed by atoms with E-state index in [1.807, 2.05) is 6.08 Å². The highest BCUT2D eigenvalue weighted by Gasteiger charge is 2.07. The van der Waals surface area contributed by atoms with Crippen LogP contribution in [0.4, 0.5) is 0 Å². The topological polar surface area (TPSA) is 49.8 Å². The fourth-order valence-corrected chi connectivity index (χ4v) is 1.10. The first-order chi connectivity index (χ1) is 6.66. The second-order valence-corrected chi connectivity index (χ2v) is 3.05. The van der Waals surface area contributed by atoms with E-state index in [0.717, 1.165) is 46.2 Å². The van der Waals surface area contributed by atoms with Gasteiger partial charge in [0.2, 0.25) is 0 Å². The summed E-state index contributed by atoms with van der Waals surface area (Å²) >= 11 is 0. The van der Waals surface area contributed by atoms with Crippen LogP contribution in [0.15, 0.2) is 12.7 Å². The molecule has 0 atom stereocenters. The van der Waals surface area contributed by atoms with E-state index in [0.29, 0.717) is 0 Å². The molecule has 0 aromatic rings. The maximum atomic E-state index is 9.00. The Hall–Kier alpha value is -0.870. The molecule has 1 aliphatic rings. The van der Waals surface area contributed by atoms with Gasteiger partial charge in [0, 0.05) is 26.6 Å². The maximum absolute atomic E-state index is 9.00. The second kappa shape index (κ2) is 8.72. The molecule has 82 valence electrons. The van der Waals surface area contributed by atoms with Gasteiger partial charge in [-0.05, 0) is 6.42 Å². The minimum absolute atomic E-state index is 0.833. The minimum Gasteiger partial charge on any atom is -0.481 e. The van der Waals surface area contributed by atoms with Crippen LogP contribution in [-0.2, 0) is 9.53 Å². The van der Waals surface area contributed by atoms with Gasteiger partial charge in [0.05, 0.1) is 13.2 Å². The van der Waals surface area contributed by atoms with Gasteiger partial charge < -0.3 is 9.84 Å². The van der Waals surface area contributed by atoms with Gasteiger partial charge in [0.1, 0.15) is 0 Å². The third-order valence-corrected chi connectivity index (χ3v) is 1.75. The summed E-state index contributed by atoms with van der Waals surface area (Å²) in [5.74, 6) is -0.833. The van der Waals surface area contributed by atoms with Crippen molar-refractivity contribution in [2.24, 2.45) is 0 Å². The molecule has 0 aliphatic carbocycles. The lowest BCUT2D eigenvalue weighted by molar-refractivity contribution is -0.134. The molecular formula is C10H19NO3. The smallest absolute Gasteiger partial charge is 0.300 e. The zero-order valence-electron chi connectivity index (χ0n) is 8.74. The normalized spacial score (nSPS) is 16.6. The van der Waals surface area contributed by atoms with Crippen LogP contribution >= 0.6 is 0 Å². The summed E-state index contributed by atoms with van der Waals surface area (Å²) in [4.78, 5) is 11.4. The Bertz CT molecular complexity index is 161. The van der Waals surface area contributed by atoms with Crippen LogP contribution < -0.4 is 0 Å². The molecule has 1 N–H and O–H groups in total. The fraction of sp³-hybridized carbons (Fsp3) is 0.700. The number of ether oxygens (including phenoxy) is 1. The molecule has 4 heteroatoms. The number of carboxylic acid groups (broad SMARTS) is 1. The van der Waals surface area contributed by atoms with Crippen molar-refractivity contribution < 1.29 is 14.6 Å². The Morgan fingerprint density at radius 1 is 1.57 bits per heavy atom. The van der Waals surface area contributed by atoms with Gasteiger partial charge in [-0.15, -0.1) is 6.58 Å². The lowest BCUT2D eigenvalue weighted by atomic mass is 10.3. The van der Waals surface area contributed by atoms with E-state index in [2.05, 4.69) is 11.5 Å². The third-order valence-electron chi connectivity index (χ3n) is 1.75. The largest absolute Gasteiger partial charge is 0.481 e. The maximum Gasteiger partial charge on any atom is 0.300 e. The van der Waals surface area contributed by atoms with Gasteiger partial charge in [-0.2, -0.15) is 0 Å². The molecule has 14 heavy (non-hydrogen) atoms. The van der Waals surface area contributed by atoms with E-state index in [1.165, 1.54) is 0 Å². The van der Waals surface area contributed by atoms with Gasteiger partial charge in [0.15, 0.2) is 0 Å². The predicted octanol–water partition coefficient (Wildman–Crippen LogP) is 0.986. The van der Waals surface area contributed by atoms with E-state index in [1.54, 1.807) is 0 Å². The summed E-state index contributed by atoms with van der Waals surface area (Å²) in [5, 5.41) is 7.42. The Morgan fingerprint density at radius 3 is 2.50 bits per heavy atom. The zero-order valence-corrected chi connectivity index (χ0v) is 8.74. The number of rotatable bonds is 3. The molecule has 1 fully saturated rings. The van der Waals surface area contributed by atoms with Gasteiger partial charge in [-0.25, -0.2) is 0 Å². The molecule has 0 radical (unpaired) electrons. The number of hydrogen-bond donors (Lipinski definition) is 1. The Morgan fingerprint density at radius 2 is 2.07 bits per heavy atom. The van der Waals surface area contributed by atoms with Crippen LogP contribution in [0.5, 0.6) is 0 Å². The van der Waals surface area contributed by atoms with Crippen molar-refractivity contribution in [1.82, 2.24) is 4.90 Å². The molecule has 0 unspecified atom stereocenters. The van der Waals surface area contributed by atoms with Gasteiger partial charge in [-0.3, -0.25) is 9.69 Å². The number of aliphatic carboxylic acids is 1. The summed E-state index contributed by atoms with van der Waals surface area (Å²) in [6.45, 7) is 9.90. The van der Waals surface area contributed by atoms with Crippen LogP contribution in [0, 0.1) is 0 Å². The quantitative estimate of drug-likeness (QED) is 0.692. The molecule has 1 heterocycles. The molecule has 1 saturated heterocycles. The van der Waals surface area contributed by atoms with Crippen molar-refractivity contribution >= 4 is 5.97 Å². The number of morpholine rings is 1. The summed E-state index contributed by atoms with van der Waals surface area (Å²) in [5.41, 5.74) is 0. The summed E-state index contributed by atoms with van der Waals surface area (Å²) in [6.07, 6.45) is 3.06. The summed E-state index contributed by atoms with van der Waals surface area (Å²) < 4.78 is 5.21. The second-order valence-electron chi connectivity index (χ2n) is 3.05. The molecule has 1 rings (SSSR count). The van der Waals surface area contributed by atoms with Crippen LogP contribution in [0.1, 0.15) is 13.3 Å². The molecule has 4 nitrogen and oxygen atoms in total. The Kier molecular flexibility index (Phi) is 8.17. The molecule has 0 aromatic heterocycles. The number of nitrogens with zero attached hydrogens (tertiary/aromatic N) is 1. The van der Waals surface area contributed by atoms with Gasteiger partial charge in [0.25, 0.3) is 5.97 Å². The summed E-state index contributed by atoms with van der Waals surface area (Å²) in [7, 11) is 0. The summed E-state index contributed by atoms with van der Waals surface area (Å²) in [6, 6.07) is 0. The van der Waals surface area contributed by atoms with E-state index >= 15 is 0 Å². The van der Waals surface area contributed by atoms with Crippen molar-refractivity contribution in [3.8, 4) is 0 Å². The molecule has 0 aromatic carbocycles. The van der Waals surface area contributed by atoms with Crippen LogP contribution in [0.25, 0.3) is 0 Å². The van der Waals surface area contributed by atoms with E-state index in [-0.39, 0.29) is 0 Å². The molecule has 0 bridgehead atoms. The zero-order chi connectivity index (χ0) is 10.8. The third kappa shape index (κ3) is 9.22. The molecular weight excluding hydrogens is 182 g/mol. The first kappa shape index (κ1) is 13.1.